The molecule has 0 aliphatic rings. The van der Waals surface area contributed by atoms with E-state index in [0.29, 0.717) is 25.8 Å². The fraction of sp³-hybridized carbons (Fsp3) is 0.200. The number of nitrogens with one attached hydrogen (secondary N) is 1. The minimum atomic E-state index is -0.605. The molecular weight excluding hydrogens is 500 g/mol. The third-order valence-corrected chi connectivity index (χ3v) is 6.80. The number of rotatable bonds is 9. The number of aryl methyl sites for hydroxylation is 1. The Balaban J connectivity index is 1.61. The van der Waals surface area contributed by atoms with Crippen LogP contribution >= 0.6 is 15.9 Å². The zero-order chi connectivity index (χ0) is 24.6. The van der Waals surface area contributed by atoms with Gasteiger partial charge < -0.3 is 10.2 Å². The molecule has 0 bridgehead atoms. The summed E-state index contributed by atoms with van der Waals surface area (Å²) in [6.45, 7) is 0.368. The maximum Gasteiger partial charge on any atom is 0.242 e. The summed E-state index contributed by atoms with van der Waals surface area (Å²) in [5, 5.41) is 5.10. The fourth-order valence-corrected chi connectivity index (χ4v) is 4.67. The van der Waals surface area contributed by atoms with Crippen LogP contribution in [0.15, 0.2) is 102 Å². The number of benzene rings is 4. The van der Waals surface area contributed by atoms with Gasteiger partial charge in [-0.15, -0.1) is 0 Å². The van der Waals surface area contributed by atoms with Crippen molar-refractivity contribution >= 4 is 38.5 Å². The van der Waals surface area contributed by atoms with Gasteiger partial charge in [0, 0.05) is 30.9 Å². The van der Waals surface area contributed by atoms with Crippen LogP contribution in [0.4, 0.5) is 0 Å². The van der Waals surface area contributed by atoms with E-state index in [1.54, 1.807) is 11.9 Å². The molecule has 1 N–H and O–H groups in total. The van der Waals surface area contributed by atoms with Crippen molar-refractivity contribution in [2.24, 2.45) is 0 Å². The smallest absolute Gasteiger partial charge is 0.242 e. The van der Waals surface area contributed by atoms with E-state index in [2.05, 4.69) is 45.5 Å². The second kappa shape index (κ2) is 11.8. The Bertz CT molecular complexity index is 1280. The van der Waals surface area contributed by atoms with Crippen LogP contribution in [-0.2, 0) is 29.0 Å². The van der Waals surface area contributed by atoms with Gasteiger partial charge in [0.2, 0.25) is 11.8 Å². The topological polar surface area (TPSA) is 49.4 Å². The molecule has 0 unspecified atom stereocenters. The molecule has 178 valence electrons. The van der Waals surface area contributed by atoms with Gasteiger partial charge in [0.15, 0.2) is 0 Å². The summed E-state index contributed by atoms with van der Waals surface area (Å²) in [6, 6.07) is 31.6. The average molecular weight is 529 g/mol. The summed E-state index contributed by atoms with van der Waals surface area (Å²) in [5.41, 5.74) is 3.14. The average Bonchev–Trinajstić information content (AvgIpc) is 2.90. The Labute approximate surface area is 215 Å². The molecule has 1 atom stereocenters. The van der Waals surface area contributed by atoms with E-state index in [9.17, 15) is 9.59 Å². The van der Waals surface area contributed by atoms with E-state index in [-0.39, 0.29) is 11.8 Å². The van der Waals surface area contributed by atoms with Gasteiger partial charge in [0.05, 0.1) is 0 Å². The zero-order valence-electron chi connectivity index (χ0n) is 19.8. The lowest BCUT2D eigenvalue weighted by atomic mass is 9.99. The highest BCUT2D eigenvalue weighted by atomic mass is 79.9. The van der Waals surface area contributed by atoms with Gasteiger partial charge in [0.25, 0.3) is 0 Å². The van der Waals surface area contributed by atoms with Crippen molar-refractivity contribution in [1.82, 2.24) is 10.2 Å². The van der Waals surface area contributed by atoms with Crippen LogP contribution in [0.25, 0.3) is 10.8 Å². The summed E-state index contributed by atoms with van der Waals surface area (Å²) in [4.78, 5) is 28.5. The summed E-state index contributed by atoms with van der Waals surface area (Å²) >= 11 is 3.47. The molecule has 0 saturated carbocycles. The summed E-state index contributed by atoms with van der Waals surface area (Å²) in [7, 11) is 1.62. The van der Waals surface area contributed by atoms with Crippen LogP contribution in [0, 0.1) is 0 Å². The first-order valence-corrected chi connectivity index (χ1v) is 12.6. The van der Waals surface area contributed by atoms with Crippen molar-refractivity contribution in [2.75, 3.05) is 7.05 Å². The molecule has 0 aromatic heterocycles. The molecule has 0 spiro atoms. The highest BCUT2D eigenvalue weighted by molar-refractivity contribution is 9.10. The molecule has 2 amide bonds. The standard InChI is InChI=1S/C30H29BrN2O2/c1-32-30(35)28(20-22-8-3-2-4-9-22)33(21-23-14-17-26(31)18-15-23)29(34)19-16-25-12-7-11-24-10-5-6-13-27(24)25/h2-15,17-18,28H,16,19-21H2,1H3,(H,32,35)/t28-/m0/s1. The van der Waals surface area contributed by atoms with Gasteiger partial charge in [0.1, 0.15) is 6.04 Å². The van der Waals surface area contributed by atoms with Gasteiger partial charge in [-0.2, -0.15) is 0 Å². The van der Waals surface area contributed by atoms with Crippen LogP contribution in [0.1, 0.15) is 23.1 Å². The van der Waals surface area contributed by atoms with Crippen molar-refractivity contribution in [3.8, 4) is 0 Å². The number of fused-ring (bicyclic) bond motifs is 1. The molecule has 5 heteroatoms. The zero-order valence-corrected chi connectivity index (χ0v) is 21.4. The van der Waals surface area contributed by atoms with E-state index in [1.165, 1.54) is 0 Å². The van der Waals surface area contributed by atoms with Gasteiger partial charge in [-0.3, -0.25) is 9.59 Å². The number of halogens is 1. The summed E-state index contributed by atoms with van der Waals surface area (Å²) in [5.74, 6) is -0.199. The van der Waals surface area contributed by atoms with Gasteiger partial charge in [-0.25, -0.2) is 0 Å². The Morgan fingerprint density at radius 2 is 1.51 bits per heavy atom. The lowest BCUT2D eigenvalue weighted by molar-refractivity contribution is -0.141. The molecule has 0 saturated heterocycles. The maximum atomic E-state index is 13.7. The molecule has 0 heterocycles. The molecule has 4 nitrogen and oxygen atoms in total. The number of carbonyl (C=O) groups excluding carboxylic acids is 2. The Morgan fingerprint density at radius 3 is 2.26 bits per heavy atom. The van der Waals surface area contributed by atoms with Crippen LogP contribution in [0.2, 0.25) is 0 Å². The largest absolute Gasteiger partial charge is 0.357 e. The first-order valence-electron chi connectivity index (χ1n) is 11.8. The van der Waals surface area contributed by atoms with Crippen LogP contribution < -0.4 is 5.32 Å². The SMILES string of the molecule is CNC(=O)[C@H](Cc1ccccc1)N(Cc1ccc(Br)cc1)C(=O)CCc1cccc2ccccc12. The molecule has 4 aromatic rings. The molecule has 4 aromatic carbocycles. The number of hydrogen-bond donors (Lipinski definition) is 1. The van der Waals surface area contributed by atoms with E-state index < -0.39 is 6.04 Å². The highest BCUT2D eigenvalue weighted by Crippen LogP contribution is 2.22. The summed E-state index contributed by atoms with van der Waals surface area (Å²) < 4.78 is 0.974. The lowest BCUT2D eigenvalue weighted by Crippen LogP contribution is -2.49. The van der Waals surface area contributed by atoms with Crippen molar-refractivity contribution in [3.63, 3.8) is 0 Å². The normalized spacial score (nSPS) is 11.7. The maximum absolute atomic E-state index is 13.7. The number of amides is 2. The second-order valence-electron chi connectivity index (χ2n) is 8.61. The highest BCUT2D eigenvalue weighted by Gasteiger charge is 2.29. The van der Waals surface area contributed by atoms with E-state index in [4.69, 9.17) is 0 Å². The molecule has 0 aliphatic carbocycles. The van der Waals surface area contributed by atoms with Crippen LogP contribution in [-0.4, -0.2) is 29.8 Å². The van der Waals surface area contributed by atoms with Gasteiger partial charge in [-0.05, 0) is 46.0 Å². The fourth-order valence-electron chi connectivity index (χ4n) is 4.40. The second-order valence-corrected chi connectivity index (χ2v) is 9.52. The molecule has 4 rings (SSSR count). The number of hydrogen-bond acceptors (Lipinski definition) is 2. The van der Waals surface area contributed by atoms with Crippen molar-refractivity contribution in [3.05, 3.63) is 118 Å². The van der Waals surface area contributed by atoms with Crippen LogP contribution in [0.3, 0.4) is 0 Å². The predicted octanol–water partition coefficient (Wildman–Crippen LogP) is 5.92. The third kappa shape index (κ3) is 6.37. The first kappa shape index (κ1) is 24.7. The quantitative estimate of drug-likeness (QED) is 0.293. The number of nitrogens with zero attached hydrogens (tertiary/aromatic N) is 1. The van der Waals surface area contributed by atoms with Crippen LogP contribution in [0.5, 0.6) is 0 Å². The Morgan fingerprint density at radius 1 is 0.829 bits per heavy atom. The molecular formula is C30H29BrN2O2. The Hall–Kier alpha value is -3.44. The van der Waals surface area contributed by atoms with Crippen molar-refractivity contribution in [2.45, 2.75) is 31.8 Å². The molecule has 35 heavy (non-hydrogen) atoms. The van der Waals surface area contributed by atoms with E-state index in [1.807, 2.05) is 72.8 Å². The van der Waals surface area contributed by atoms with Crippen molar-refractivity contribution in [1.29, 1.82) is 0 Å². The third-order valence-electron chi connectivity index (χ3n) is 6.27. The van der Waals surface area contributed by atoms with Crippen molar-refractivity contribution < 1.29 is 9.59 Å². The minimum absolute atomic E-state index is 0.0367. The molecule has 0 fully saturated rings. The number of likely N-dealkylation sites (N-methyl/N-ethyl adjacent to an activating group) is 1. The van der Waals surface area contributed by atoms with E-state index >= 15 is 0 Å². The first-order chi connectivity index (χ1) is 17.0. The molecule has 0 radical (unpaired) electrons. The van der Waals surface area contributed by atoms with E-state index in [0.717, 1.165) is 31.9 Å². The summed E-state index contributed by atoms with van der Waals surface area (Å²) in [6.07, 6.45) is 1.40. The van der Waals surface area contributed by atoms with Gasteiger partial charge in [-0.1, -0.05) is 101 Å². The number of carbonyl (C=O) groups is 2. The van der Waals surface area contributed by atoms with Gasteiger partial charge >= 0.3 is 0 Å². The lowest BCUT2D eigenvalue weighted by Gasteiger charge is -2.31. The minimum Gasteiger partial charge on any atom is -0.357 e. The predicted molar refractivity (Wildman–Crippen MR) is 145 cm³/mol. The molecule has 0 aliphatic heterocycles. The Kier molecular flexibility index (Phi) is 8.32. The monoisotopic (exact) mass is 528 g/mol.